The van der Waals surface area contributed by atoms with Crippen molar-refractivity contribution in [2.45, 2.75) is 55.6 Å². The number of nitrogens with one attached hydrogen (secondary N) is 2. The minimum Gasteiger partial charge on any atom is -0.394 e. The first-order valence-electron chi connectivity index (χ1n) is 14.7. The van der Waals surface area contributed by atoms with Crippen LogP contribution in [-0.4, -0.2) is 112 Å². The summed E-state index contributed by atoms with van der Waals surface area (Å²) < 4.78 is 77.4. The monoisotopic (exact) mass is 762 g/mol. The number of anilines is 2. The lowest BCUT2D eigenvalue weighted by molar-refractivity contribution is -0.0427. The number of alkyl halides is 2. The molecule has 4 N–H and O–H groups in total. The molecule has 0 bridgehead atoms. The first kappa shape index (κ1) is 35.8. The molecule has 49 heavy (non-hydrogen) atoms. The molecule has 0 spiro atoms. The molecule has 262 valence electrons. The summed E-state index contributed by atoms with van der Waals surface area (Å²) in [7, 11) is -4.85. The minimum absolute atomic E-state index is 0.280. The van der Waals surface area contributed by atoms with Gasteiger partial charge in [-0.1, -0.05) is 12.2 Å². The number of aromatic nitrogens is 8. The maximum absolute atomic E-state index is 15.2. The molecular formula is C25H30F2N10O8P2S2+2. The van der Waals surface area contributed by atoms with Gasteiger partial charge in [0, 0.05) is 13.1 Å². The molecule has 24 heteroatoms. The van der Waals surface area contributed by atoms with Crippen molar-refractivity contribution in [1.82, 2.24) is 39.0 Å². The minimum atomic E-state index is -2.43. The summed E-state index contributed by atoms with van der Waals surface area (Å²) in [4.78, 5) is 25.5. The van der Waals surface area contributed by atoms with E-state index < -0.39 is 76.9 Å². The van der Waals surface area contributed by atoms with Crippen LogP contribution in [0.2, 0.25) is 0 Å². The van der Waals surface area contributed by atoms with E-state index in [4.69, 9.17) is 18.5 Å². The van der Waals surface area contributed by atoms with Gasteiger partial charge in [-0.25, -0.2) is 38.7 Å². The number of hydrogen-bond acceptors (Lipinski definition) is 16. The van der Waals surface area contributed by atoms with E-state index in [1.54, 1.807) is 0 Å². The van der Waals surface area contributed by atoms with Gasteiger partial charge in [0.25, 0.3) is 0 Å². The summed E-state index contributed by atoms with van der Waals surface area (Å²) in [5.41, 5.74) is 1.30. The van der Waals surface area contributed by atoms with Crippen LogP contribution in [0, 0.1) is 0 Å². The number of imidazole rings is 2. The Morgan fingerprint density at radius 2 is 1.29 bits per heavy atom. The molecule has 0 amide bonds. The van der Waals surface area contributed by atoms with Crippen LogP contribution in [0.5, 0.6) is 0 Å². The van der Waals surface area contributed by atoms with Gasteiger partial charge in [-0.15, -0.1) is 9.05 Å². The highest BCUT2D eigenvalue weighted by Crippen LogP contribution is 2.42. The van der Waals surface area contributed by atoms with Crippen LogP contribution in [0.25, 0.3) is 22.3 Å². The third-order valence-electron chi connectivity index (χ3n) is 7.74. The number of halogens is 2. The fourth-order valence-corrected chi connectivity index (χ4v) is 7.13. The van der Waals surface area contributed by atoms with Crippen LogP contribution in [0.3, 0.4) is 0 Å². The molecule has 4 aromatic heterocycles. The Bertz CT molecular complexity index is 1840. The Hall–Kier alpha value is -3.04. The Balaban J connectivity index is 1.03. The summed E-state index contributed by atoms with van der Waals surface area (Å²) in [6.07, 6.45) is -1.06. The second-order valence-electron chi connectivity index (χ2n) is 10.7. The number of rotatable bonds is 15. The van der Waals surface area contributed by atoms with Crippen molar-refractivity contribution < 1.29 is 46.6 Å². The van der Waals surface area contributed by atoms with Gasteiger partial charge in [0.1, 0.15) is 49.4 Å². The standard InChI is InChI=1S/C25H28F2N10O8P2S2/c26-14-18(44-46(40)48)12(6-38)42-24(14)36-10-34-16-20(30-8-32-22(16)36)28-4-2-1-3-5-29-21-17-23(33-9-31-21)37(11-35-17)25-15(27)19(45-47(41)49)13(7-39)43-25/h1-2,8-15,18-19,24-25,38-39H,3-7H2,(H2-2,28,29,30,31,32,33,40,41,48,49)/p+2/b2-1+/t12?,13?,14-,15-,18-,19-,24-,25-/m1/s1. The molecule has 2 fully saturated rings. The smallest absolute Gasteiger partial charge is 0.394 e. The van der Waals surface area contributed by atoms with Crippen LogP contribution in [-0.2, 0) is 27.7 Å². The number of fused-ring (bicyclic) bond motifs is 2. The molecule has 2 saturated heterocycles. The SMILES string of the molecule is O=[P+](S)O[C@@H]1C(CO)O[C@@H](n2cnc3c(NC/C=C/CCNc4ncnc5c4ncn5[C@@H]4OC(CO)[C@@H](O[P+](=O)S)[C@H]4F)ncnc32)[C@@H]1F. The lowest BCUT2D eigenvalue weighted by atomic mass is 10.1. The summed E-state index contributed by atoms with van der Waals surface area (Å²) in [5.74, 6) is 0.810. The second kappa shape index (κ2) is 15.9. The zero-order chi connectivity index (χ0) is 34.7. The highest BCUT2D eigenvalue weighted by atomic mass is 32.7. The highest BCUT2D eigenvalue weighted by Gasteiger charge is 2.52. The van der Waals surface area contributed by atoms with Gasteiger partial charge < -0.3 is 30.3 Å². The fourth-order valence-electron chi connectivity index (χ4n) is 5.56. The molecule has 6 heterocycles. The van der Waals surface area contributed by atoms with E-state index in [0.717, 1.165) is 0 Å². The number of ether oxygens (including phenoxy) is 2. The topological polar surface area (TPSA) is 223 Å². The van der Waals surface area contributed by atoms with Gasteiger partial charge in [-0.3, -0.25) is 9.13 Å². The average molecular weight is 763 g/mol. The van der Waals surface area contributed by atoms with E-state index in [9.17, 15) is 19.3 Å². The quantitative estimate of drug-likeness (QED) is 0.0444. The lowest BCUT2D eigenvalue weighted by Gasteiger charge is -2.15. The van der Waals surface area contributed by atoms with Gasteiger partial charge in [-0.05, 0) is 15.6 Å². The van der Waals surface area contributed by atoms with E-state index in [0.29, 0.717) is 42.2 Å². The Morgan fingerprint density at radius 1 is 0.796 bits per heavy atom. The summed E-state index contributed by atoms with van der Waals surface area (Å²) in [6, 6.07) is 0. The molecule has 6 rings (SSSR count). The van der Waals surface area contributed by atoms with Crippen LogP contribution in [0.15, 0.2) is 37.5 Å². The summed E-state index contributed by atoms with van der Waals surface area (Å²) in [6.45, 7) is -0.261. The van der Waals surface area contributed by atoms with Crippen LogP contribution >= 0.6 is 39.0 Å². The molecule has 4 aromatic rings. The Labute approximate surface area is 288 Å². The van der Waals surface area contributed by atoms with E-state index >= 15 is 8.78 Å². The summed E-state index contributed by atoms with van der Waals surface area (Å²) in [5, 5.41) is 25.5. The van der Waals surface area contributed by atoms with Crippen molar-refractivity contribution in [3.63, 3.8) is 0 Å². The van der Waals surface area contributed by atoms with E-state index in [2.05, 4.69) is 65.0 Å². The molecule has 2 aliphatic heterocycles. The maximum atomic E-state index is 15.2. The third kappa shape index (κ3) is 7.53. The number of aliphatic hydroxyl groups excluding tert-OH is 2. The Morgan fingerprint density at radius 3 is 1.76 bits per heavy atom. The van der Waals surface area contributed by atoms with Crippen LogP contribution in [0.1, 0.15) is 18.9 Å². The first-order valence-corrected chi connectivity index (χ1v) is 19.3. The van der Waals surface area contributed by atoms with Crippen molar-refractivity contribution in [2.24, 2.45) is 0 Å². The van der Waals surface area contributed by atoms with Gasteiger partial charge >= 0.3 is 14.5 Å². The molecule has 4 unspecified atom stereocenters. The molecule has 0 aliphatic carbocycles. The maximum Gasteiger partial charge on any atom is 0.582 e. The van der Waals surface area contributed by atoms with Gasteiger partial charge in [-0.2, -0.15) is 0 Å². The number of hydrogen-bond donors (Lipinski definition) is 6. The van der Waals surface area contributed by atoms with Crippen molar-refractivity contribution in [1.29, 1.82) is 0 Å². The molecule has 10 atom stereocenters. The van der Waals surface area contributed by atoms with Gasteiger partial charge in [0.15, 0.2) is 71.0 Å². The third-order valence-corrected chi connectivity index (χ3v) is 9.15. The molecule has 0 saturated carbocycles. The van der Waals surface area contributed by atoms with Crippen molar-refractivity contribution in [2.75, 3.05) is 36.9 Å². The number of nitrogens with zero attached hydrogens (tertiary/aromatic N) is 8. The first-order chi connectivity index (χ1) is 23.7. The van der Waals surface area contributed by atoms with Crippen molar-refractivity contribution >= 4 is 72.9 Å². The zero-order valence-electron chi connectivity index (χ0n) is 25.1. The second-order valence-corrected chi connectivity index (χ2v) is 14.0. The van der Waals surface area contributed by atoms with E-state index in [1.165, 1.54) is 34.4 Å². The van der Waals surface area contributed by atoms with Gasteiger partial charge in [0.2, 0.25) is 0 Å². The van der Waals surface area contributed by atoms with Crippen molar-refractivity contribution in [3.8, 4) is 0 Å². The number of thiol groups is 2. The predicted octanol–water partition coefficient (Wildman–Crippen LogP) is 2.84. The predicted molar refractivity (Wildman–Crippen MR) is 176 cm³/mol. The van der Waals surface area contributed by atoms with Crippen molar-refractivity contribution in [3.05, 3.63) is 37.5 Å². The summed E-state index contributed by atoms with van der Waals surface area (Å²) >= 11 is 7.35. The lowest BCUT2D eigenvalue weighted by Crippen LogP contribution is -2.31. The normalized spacial score (nSPS) is 27.8. The molecular weight excluding hydrogens is 732 g/mol. The fraction of sp³-hybridized carbons (Fsp3) is 0.520. The Kier molecular flexibility index (Phi) is 11.6. The van der Waals surface area contributed by atoms with E-state index in [1.807, 2.05) is 12.2 Å². The van der Waals surface area contributed by atoms with Crippen LogP contribution in [0.4, 0.5) is 20.4 Å². The number of aliphatic hydroxyl groups is 2. The largest absolute Gasteiger partial charge is 0.582 e. The molecule has 2 aliphatic rings. The zero-order valence-corrected chi connectivity index (χ0v) is 28.7. The molecule has 18 nitrogen and oxygen atoms in total. The highest BCUT2D eigenvalue weighted by molar-refractivity contribution is 8.39. The van der Waals surface area contributed by atoms with E-state index in [-0.39, 0.29) is 11.3 Å². The molecule has 0 aromatic carbocycles. The van der Waals surface area contributed by atoms with Crippen LogP contribution < -0.4 is 10.6 Å². The average Bonchev–Trinajstić information content (AvgIpc) is 3.85. The molecule has 0 radical (unpaired) electrons. The van der Waals surface area contributed by atoms with Gasteiger partial charge in [0.05, 0.1) is 25.9 Å².